The highest BCUT2D eigenvalue weighted by Gasteiger charge is 2.05. The van der Waals surface area contributed by atoms with E-state index in [1.165, 1.54) is 12.4 Å². The van der Waals surface area contributed by atoms with Gasteiger partial charge in [0, 0.05) is 31.7 Å². The molecule has 1 amide bonds. The van der Waals surface area contributed by atoms with Crippen LogP contribution in [0.25, 0.3) is 0 Å². The number of anilines is 1. The van der Waals surface area contributed by atoms with E-state index in [-0.39, 0.29) is 5.91 Å². The van der Waals surface area contributed by atoms with Gasteiger partial charge in [-0.05, 0) is 25.5 Å². The highest BCUT2D eigenvalue weighted by molar-refractivity contribution is 5.93. The lowest BCUT2D eigenvalue weighted by Crippen LogP contribution is -2.29. The second kappa shape index (κ2) is 6.60. The van der Waals surface area contributed by atoms with Crippen molar-refractivity contribution in [2.45, 2.75) is 13.8 Å². The van der Waals surface area contributed by atoms with Gasteiger partial charge < -0.3 is 10.6 Å². The van der Waals surface area contributed by atoms with Crippen LogP contribution in [0.15, 0.2) is 30.7 Å². The van der Waals surface area contributed by atoms with Crippen LogP contribution in [0.3, 0.4) is 0 Å². The van der Waals surface area contributed by atoms with Crippen molar-refractivity contribution >= 4 is 11.7 Å². The van der Waals surface area contributed by atoms with E-state index >= 15 is 0 Å². The zero-order valence-corrected chi connectivity index (χ0v) is 11.6. The Balaban J connectivity index is 1.77. The maximum absolute atomic E-state index is 11.8. The highest BCUT2D eigenvalue weighted by atomic mass is 16.1. The number of aryl methyl sites for hydroxylation is 2. The third kappa shape index (κ3) is 3.74. The molecular weight excluding hydrogens is 254 g/mol. The van der Waals surface area contributed by atoms with Crippen LogP contribution in [0.5, 0.6) is 0 Å². The number of nitrogens with one attached hydrogen (secondary N) is 2. The molecule has 2 N–H and O–H groups in total. The Labute approximate surface area is 117 Å². The molecule has 0 aliphatic rings. The highest BCUT2D eigenvalue weighted by Crippen LogP contribution is 2.07. The number of carbonyl (C=O) groups excluding carboxylic acids is 1. The predicted octanol–water partition coefficient (Wildman–Crippen LogP) is 1.33. The molecule has 2 aromatic heterocycles. The van der Waals surface area contributed by atoms with Crippen LogP contribution in [0.2, 0.25) is 0 Å². The van der Waals surface area contributed by atoms with Gasteiger partial charge in [0.15, 0.2) is 0 Å². The van der Waals surface area contributed by atoms with Crippen molar-refractivity contribution < 1.29 is 4.79 Å². The molecule has 0 spiro atoms. The summed E-state index contributed by atoms with van der Waals surface area (Å²) in [4.78, 5) is 24.0. The van der Waals surface area contributed by atoms with Gasteiger partial charge in [-0.1, -0.05) is 6.07 Å². The standard InChI is InChI=1S/C14H17N5O/c1-10-4-3-5-15-13(10)16-6-7-17-14(20)12-8-18-11(2)19-9-12/h3-5,8-9H,6-7H2,1-2H3,(H,15,16)(H,17,20). The third-order valence-electron chi connectivity index (χ3n) is 2.76. The molecule has 0 fully saturated rings. The molecule has 0 atom stereocenters. The molecule has 0 bridgehead atoms. The summed E-state index contributed by atoms with van der Waals surface area (Å²) in [6.07, 6.45) is 4.78. The largest absolute Gasteiger partial charge is 0.368 e. The van der Waals surface area contributed by atoms with Crippen LogP contribution in [0.4, 0.5) is 5.82 Å². The molecule has 104 valence electrons. The van der Waals surface area contributed by atoms with Gasteiger partial charge in [0.2, 0.25) is 0 Å². The number of pyridine rings is 1. The number of amides is 1. The zero-order valence-electron chi connectivity index (χ0n) is 11.6. The second-order valence-corrected chi connectivity index (χ2v) is 4.37. The minimum absolute atomic E-state index is 0.176. The van der Waals surface area contributed by atoms with Gasteiger partial charge in [-0.2, -0.15) is 0 Å². The predicted molar refractivity (Wildman–Crippen MR) is 76.6 cm³/mol. The van der Waals surface area contributed by atoms with Crippen LogP contribution in [-0.2, 0) is 0 Å². The smallest absolute Gasteiger partial charge is 0.254 e. The Morgan fingerprint density at radius 2 is 1.90 bits per heavy atom. The van der Waals surface area contributed by atoms with E-state index in [4.69, 9.17) is 0 Å². The average molecular weight is 271 g/mol. The first kappa shape index (κ1) is 13.9. The fourth-order valence-corrected chi connectivity index (χ4v) is 1.64. The molecule has 0 radical (unpaired) electrons. The number of carbonyl (C=O) groups is 1. The first-order valence-corrected chi connectivity index (χ1v) is 6.39. The van der Waals surface area contributed by atoms with Crippen LogP contribution in [0, 0.1) is 13.8 Å². The van der Waals surface area contributed by atoms with Crippen molar-refractivity contribution in [3.63, 3.8) is 0 Å². The Bertz CT molecular complexity index is 582. The summed E-state index contributed by atoms with van der Waals surface area (Å²) in [7, 11) is 0. The Kier molecular flexibility index (Phi) is 4.60. The summed E-state index contributed by atoms with van der Waals surface area (Å²) in [5.41, 5.74) is 1.54. The Hall–Kier alpha value is -2.50. The minimum atomic E-state index is -0.176. The molecule has 0 aliphatic heterocycles. The molecule has 0 saturated heterocycles. The molecule has 20 heavy (non-hydrogen) atoms. The van der Waals surface area contributed by atoms with Crippen molar-refractivity contribution in [1.82, 2.24) is 20.3 Å². The molecular formula is C14H17N5O. The van der Waals surface area contributed by atoms with Crippen LogP contribution in [-0.4, -0.2) is 33.9 Å². The number of hydrogen-bond acceptors (Lipinski definition) is 5. The lowest BCUT2D eigenvalue weighted by atomic mass is 10.3. The third-order valence-corrected chi connectivity index (χ3v) is 2.76. The number of aromatic nitrogens is 3. The van der Waals surface area contributed by atoms with E-state index in [0.29, 0.717) is 24.5 Å². The summed E-state index contributed by atoms with van der Waals surface area (Å²) < 4.78 is 0. The SMILES string of the molecule is Cc1ncc(C(=O)NCCNc2ncccc2C)cn1. The quantitative estimate of drug-likeness (QED) is 0.802. The molecule has 0 aliphatic carbocycles. The fraction of sp³-hybridized carbons (Fsp3) is 0.286. The average Bonchev–Trinajstić information content (AvgIpc) is 2.46. The maximum Gasteiger partial charge on any atom is 0.254 e. The van der Waals surface area contributed by atoms with Gasteiger partial charge in [0.25, 0.3) is 5.91 Å². The number of rotatable bonds is 5. The maximum atomic E-state index is 11.8. The van der Waals surface area contributed by atoms with E-state index < -0.39 is 0 Å². The van der Waals surface area contributed by atoms with Gasteiger partial charge in [-0.15, -0.1) is 0 Å². The van der Waals surface area contributed by atoms with E-state index in [9.17, 15) is 4.79 Å². The van der Waals surface area contributed by atoms with E-state index in [1.54, 1.807) is 13.1 Å². The Morgan fingerprint density at radius 3 is 2.60 bits per heavy atom. The molecule has 6 heteroatoms. The van der Waals surface area contributed by atoms with Crippen molar-refractivity contribution in [2.24, 2.45) is 0 Å². The van der Waals surface area contributed by atoms with E-state index in [0.717, 1.165) is 11.4 Å². The summed E-state index contributed by atoms with van der Waals surface area (Å²) in [5, 5.41) is 5.97. The molecule has 0 aromatic carbocycles. The summed E-state index contributed by atoms with van der Waals surface area (Å²) in [6.45, 7) is 4.87. The number of nitrogens with zero attached hydrogens (tertiary/aromatic N) is 3. The molecule has 0 unspecified atom stereocenters. The van der Waals surface area contributed by atoms with Gasteiger partial charge in [0.05, 0.1) is 5.56 Å². The van der Waals surface area contributed by atoms with Crippen molar-refractivity contribution in [3.8, 4) is 0 Å². The number of hydrogen-bond donors (Lipinski definition) is 2. The zero-order chi connectivity index (χ0) is 14.4. The lowest BCUT2D eigenvalue weighted by molar-refractivity contribution is 0.0954. The normalized spacial score (nSPS) is 10.1. The van der Waals surface area contributed by atoms with Crippen LogP contribution < -0.4 is 10.6 Å². The summed E-state index contributed by atoms with van der Waals surface area (Å²) >= 11 is 0. The molecule has 2 heterocycles. The summed E-state index contributed by atoms with van der Waals surface area (Å²) in [5.74, 6) is 1.30. The molecule has 2 aromatic rings. The molecule has 2 rings (SSSR count). The summed E-state index contributed by atoms with van der Waals surface area (Å²) in [6, 6.07) is 3.87. The van der Waals surface area contributed by atoms with Gasteiger partial charge in [-0.25, -0.2) is 15.0 Å². The minimum Gasteiger partial charge on any atom is -0.368 e. The molecule has 0 saturated carbocycles. The van der Waals surface area contributed by atoms with E-state index in [1.807, 2.05) is 19.1 Å². The van der Waals surface area contributed by atoms with Crippen molar-refractivity contribution in [3.05, 3.63) is 47.7 Å². The van der Waals surface area contributed by atoms with Gasteiger partial charge in [-0.3, -0.25) is 4.79 Å². The van der Waals surface area contributed by atoms with Crippen LogP contribution >= 0.6 is 0 Å². The monoisotopic (exact) mass is 271 g/mol. The first-order chi connectivity index (χ1) is 9.66. The van der Waals surface area contributed by atoms with Crippen molar-refractivity contribution in [2.75, 3.05) is 18.4 Å². The topological polar surface area (TPSA) is 79.8 Å². The van der Waals surface area contributed by atoms with Gasteiger partial charge in [0.1, 0.15) is 11.6 Å². The van der Waals surface area contributed by atoms with E-state index in [2.05, 4.69) is 25.6 Å². The first-order valence-electron chi connectivity index (χ1n) is 6.39. The van der Waals surface area contributed by atoms with Gasteiger partial charge >= 0.3 is 0 Å². The van der Waals surface area contributed by atoms with Crippen molar-refractivity contribution in [1.29, 1.82) is 0 Å². The Morgan fingerprint density at radius 1 is 1.15 bits per heavy atom. The lowest BCUT2D eigenvalue weighted by Gasteiger charge is -2.09. The fourth-order valence-electron chi connectivity index (χ4n) is 1.64. The molecule has 6 nitrogen and oxygen atoms in total. The van der Waals surface area contributed by atoms with Crippen LogP contribution in [0.1, 0.15) is 21.7 Å². The second-order valence-electron chi connectivity index (χ2n) is 4.37.